The molecule has 2 aromatic carbocycles. The van der Waals surface area contributed by atoms with Crippen molar-refractivity contribution < 1.29 is 13.9 Å². The summed E-state index contributed by atoms with van der Waals surface area (Å²) in [5.41, 5.74) is 2.66. The summed E-state index contributed by atoms with van der Waals surface area (Å²) < 4.78 is 19.1. The number of nitrogens with one attached hydrogen (secondary N) is 1. The average molecular weight is 354 g/mol. The molecule has 26 heavy (non-hydrogen) atoms. The molecule has 0 fully saturated rings. The van der Waals surface area contributed by atoms with E-state index < -0.39 is 0 Å². The molecule has 0 spiro atoms. The number of hydrogen-bond donors (Lipinski definition) is 1. The van der Waals surface area contributed by atoms with Crippen molar-refractivity contribution in [1.82, 2.24) is 4.90 Å². The number of hydrogen-bond acceptors (Lipinski definition) is 3. The van der Waals surface area contributed by atoms with E-state index in [1.54, 1.807) is 12.1 Å². The van der Waals surface area contributed by atoms with Gasteiger partial charge in [-0.15, -0.1) is 0 Å². The molecule has 0 aromatic heterocycles. The van der Waals surface area contributed by atoms with Crippen LogP contribution in [0.3, 0.4) is 0 Å². The molecular formula is C21H23FN2O2. The lowest BCUT2D eigenvalue weighted by Gasteiger charge is -2.18. The zero-order valence-corrected chi connectivity index (χ0v) is 15.1. The predicted molar refractivity (Wildman–Crippen MR) is 103 cm³/mol. The minimum absolute atomic E-state index is 0.217. The number of likely N-dealkylation sites (N-methyl/N-ethyl adjacent to an activating group) is 1. The number of rotatable bonds is 7. The number of nitrogens with zero attached hydrogens (tertiary/aromatic N) is 1. The second-order valence-corrected chi connectivity index (χ2v) is 6.15. The van der Waals surface area contributed by atoms with E-state index in [4.69, 9.17) is 4.74 Å². The van der Waals surface area contributed by atoms with Gasteiger partial charge in [0.1, 0.15) is 18.2 Å². The van der Waals surface area contributed by atoms with Crippen molar-refractivity contribution in [2.75, 3.05) is 31.6 Å². The molecule has 0 unspecified atom stereocenters. The van der Waals surface area contributed by atoms with Crippen LogP contribution in [0, 0.1) is 5.82 Å². The Kier molecular flexibility index (Phi) is 5.68. The fraction of sp³-hybridized carbons (Fsp3) is 0.286. The molecule has 0 bridgehead atoms. The molecule has 2 aromatic rings. The summed E-state index contributed by atoms with van der Waals surface area (Å²) in [5, 5.41) is 2.69. The first kappa shape index (κ1) is 18.1. The van der Waals surface area contributed by atoms with Crippen LogP contribution >= 0.6 is 0 Å². The quantitative estimate of drug-likeness (QED) is 0.763. The minimum Gasteiger partial charge on any atom is -0.492 e. The number of carbonyl (C=O) groups excluding carboxylic acids is 1. The Labute approximate surface area is 153 Å². The van der Waals surface area contributed by atoms with Crippen molar-refractivity contribution in [3.8, 4) is 5.75 Å². The van der Waals surface area contributed by atoms with Crippen LogP contribution in [0.5, 0.6) is 5.75 Å². The summed E-state index contributed by atoms with van der Waals surface area (Å²) in [5.74, 6) is 0.222. The highest BCUT2D eigenvalue weighted by Gasteiger charge is 2.24. The van der Waals surface area contributed by atoms with Gasteiger partial charge in [-0.2, -0.15) is 0 Å². The molecule has 4 nitrogen and oxygen atoms in total. The van der Waals surface area contributed by atoms with Gasteiger partial charge in [-0.3, -0.25) is 4.79 Å². The molecule has 0 saturated heterocycles. The van der Waals surface area contributed by atoms with Gasteiger partial charge < -0.3 is 15.0 Å². The Morgan fingerprint density at radius 2 is 1.85 bits per heavy atom. The maximum absolute atomic E-state index is 13.3. The molecule has 1 heterocycles. The number of amides is 1. The first-order valence-electron chi connectivity index (χ1n) is 8.89. The van der Waals surface area contributed by atoms with Crippen LogP contribution in [-0.4, -0.2) is 37.0 Å². The van der Waals surface area contributed by atoms with E-state index in [-0.39, 0.29) is 11.7 Å². The van der Waals surface area contributed by atoms with Crippen molar-refractivity contribution >= 4 is 23.2 Å². The lowest BCUT2D eigenvalue weighted by atomic mass is 10.0. The molecule has 136 valence electrons. The summed E-state index contributed by atoms with van der Waals surface area (Å²) in [6.07, 6.45) is 1.80. The van der Waals surface area contributed by atoms with Crippen molar-refractivity contribution in [2.24, 2.45) is 0 Å². The molecule has 0 saturated carbocycles. The highest BCUT2D eigenvalue weighted by Crippen LogP contribution is 2.33. The highest BCUT2D eigenvalue weighted by molar-refractivity contribution is 6.34. The number of carbonyl (C=O) groups is 1. The first-order valence-corrected chi connectivity index (χ1v) is 8.89. The second kappa shape index (κ2) is 8.15. The average Bonchev–Trinajstić information content (AvgIpc) is 2.94. The van der Waals surface area contributed by atoms with Gasteiger partial charge in [-0.1, -0.05) is 26.0 Å². The largest absolute Gasteiger partial charge is 0.492 e. The van der Waals surface area contributed by atoms with E-state index in [9.17, 15) is 9.18 Å². The first-order chi connectivity index (χ1) is 12.6. The summed E-state index contributed by atoms with van der Waals surface area (Å²) in [6, 6.07) is 11.9. The van der Waals surface area contributed by atoms with Crippen molar-refractivity contribution in [3.05, 3.63) is 59.4 Å². The van der Waals surface area contributed by atoms with E-state index >= 15 is 0 Å². The summed E-state index contributed by atoms with van der Waals surface area (Å²) in [7, 11) is 0. The van der Waals surface area contributed by atoms with Gasteiger partial charge in [-0.25, -0.2) is 4.39 Å². The van der Waals surface area contributed by atoms with E-state index in [0.717, 1.165) is 36.5 Å². The molecule has 0 aliphatic carbocycles. The van der Waals surface area contributed by atoms with Gasteiger partial charge >= 0.3 is 0 Å². The smallest absolute Gasteiger partial charge is 0.256 e. The number of halogens is 1. The number of fused-ring (bicyclic) bond motifs is 1. The zero-order valence-electron chi connectivity index (χ0n) is 15.1. The maximum atomic E-state index is 13.3. The molecule has 5 heteroatoms. The van der Waals surface area contributed by atoms with Gasteiger partial charge in [0, 0.05) is 17.7 Å². The minimum atomic E-state index is -0.364. The zero-order chi connectivity index (χ0) is 18.5. The highest BCUT2D eigenvalue weighted by atomic mass is 19.1. The van der Waals surface area contributed by atoms with Crippen molar-refractivity contribution in [3.63, 3.8) is 0 Å². The molecule has 3 rings (SSSR count). The van der Waals surface area contributed by atoms with Gasteiger partial charge in [0.25, 0.3) is 5.91 Å². The van der Waals surface area contributed by atoms with Crippen LogP contribution in [0.15, 0.2) is 42.5 Å². The Morgan fingerprint density at radius 1 is 1.12 bits per heavy atom. The van der Waals surface area contributed by atoms with Crippen molar-refractivity contribution in [2.45, 2.75) is 13.8 Å². The molecule has 0 atom stereocenters. The van der Waals surface area contributed by atoms with E-state index in [2.05, 4.69) is 24.1 Å². The fourth-order valence-electron chi connectivity index (χ4n) is 2.97. The SMILES string of the molecule is CCN(CC)CCOc1ccc(/C=C2\C(=O)Nc3cc(F)ccc32)cc1. The molecule has 1 N–H and O–H groups in total. The third kappa shape index (κ3) is 4.11. The lowest BCUT2D eigenvalue weighted by Crippen LogP contribution is -2.27. The van der Waals surface area contributed by atoms with Gasteiger partial charge in [-0.05, 0) is 55.1 Å². The third-order valence-electron chi connectivity index (χ3n) is 4.53. The monoisotopic (exact) mass is 354 g/mol. The van der Waals surface area contributed by atoms with Crippen LogP contribution in [0.2, 0.25) is 0 Å². The second-order valence-electron chi connectivity index (χ2n) is 6.15. The van der Waals surface area contributed by atoms with E-state index in [1.165, 1.54) is 12.1 Å². The summed E-state index contributed by atoms with van der Waals surface area (Å²) >= 11 is 0. The summed E-state index contributed by atoms with van der Waals surface area (Å²) in [6.45, 7) is 7.84. The molecule has 1 aliphatic rings. The van der Waals surface area contributed by atoms with Crippen LogP contribution in [0.4, 0.5) is 10.1 Å². The lowest BCUT2D eigenvalue weighted by molar-refractivity contribution is -0.110. The van der Waals surface area contributed by atoms with Crippen molar-refractivity contribution in [1.29, 1.82) is 0 Å². The Balaban J connectivity index is 1.68. The molecular weight excluding hydrogens is 331 g/mol. The normalized spacial score (nSPS) is 14.6. The van der Waals surface area contributed by atoms with Crippen LogP contribution in [0.25, 0.3) is 11.6 Å². The molecule has 1 amide bonds. The molecule has 1 aliphatic heterocycles. The standard InChI is InChI=1S/C21H23FN2O2/c1-3-24(4-2)11-12-26-17-8-5-15(6-9-17)13-19-18-10-7-16(22)14-20(18)23-21(19)25/h5-10,13-14H,3-4,11-12H2,1-2H3,(H,23,25)/b19-13-. The van der Waals surface area contributed by atoms with Gasteiger partial charge in [0.15, 0.2) is 0 Å². The number of anilines is 1. The Hall–Kier alpha value is -2.66. The van der Waals surface area contributed by atoms with Crippen LogP contribution in [-0.2, 0) is 4.79 Å². The van der Waals surface area contributed by atoms with E-state index in [1.807, 2.05) is 24.3 Å². The van der Waals surface area contributed by atoms with Gasteiger partial charge in [0.05, 0.1) is 5.69 Å². The number of ether oxygens (including phenoxy) is 1. The third-order valence-corrected chi connectivity index (χ3v) is 4.53. The maximum Gasteiger partial charge on any atom is 0.256 e. The van der Waals surface area contributed by atoms with Crippen LogP contribution in [0.1, 0.15) is 25.0 Å². The predicted octanol–water partition coefficient (Wildman–Crippen LogP) is 4.04. The topological polar surface area (TPSA) is 41.6 Å². The fourth-order valence-corrected chi connectivity index (χ4v) is 2.97. The van der Waals surface area contributed by atoms with Crippen LogP contribution < -0.4 is 10.1 Å². The van der Waals surface area contributed by atoms with Gasteiger partial charge in [0.2, 0.25) is 0 Å². The summed E-state index contributed by atoms with van der Waals surface area (Å²) in [4.78, 5) is 14.4. The molecule has 0 radical (unpaired) electrons. The number of benzene rings is 2. The Bertz CT molecular complexity index is 811. The Morgan fingerprint density at radius 3 is 2.54 bits per heavy atom. The van der Waals surface area contributed by atoms with E-state index in [0.29, 0.717) is 17.9 Å².